The van der Waals surface area contributed by atoms with E-state index in [-0.39, 0.29) is 6.61 Å². The Kier molecular flexibility index (Phi) is 5.37. The molecule has 0 spiro atoms. The molecule has 0 heterocycles. The molecule has 0 aliphatic carbocycles. The number of hydrogen-bond donors (Lipinski definition) is 3. The van der Waals surface area contributed by atoms with Crippen molar-refractivity contribution in [3.63, 3.8) is 0 Å². The summed E-state index contributed by atoms with van der Waals surface area (Å²) in [6, 6.07) is 7.61. The lowest BCUT2D eigenvalue weighted by molar-refractivity contribution is 0.293. The lowest BCUT2D eigenvalue weighted by atomic mass is 10.3. The van der Waals surface area contributed by atoms with Crippen LogP contribution in [0.25, 0.3) is 0 Å². The second-order valence-corrected chi connectivity index (χ2v) is 3.35. The first-order valence-electron chi connectivity index (χ1n) is 4.64. The highest BCUT2D eigenvalue weighted by molar-refractivity contribution is 6.30. The van der Waals surface area contributed by atoms with E-state index >= 15 is 0 Å². The summed E-state index contributed by atoms with van der Waals surface area (Å²) in [6.07, 6.45) is 0. The Morgan fingerprint density at radius 1 is 1.21 bits per heavy atom. The zero-order valence-electron chi connectivity index (χ0n) is 7.96. The van der Waals surface area contributed by atoms with Crippen molar-refractivity contribution in [3.05, 3.63) is 29.3 Å². The van der Waals surface area contributed by atoms with Crippen LogP contribution >= 0.6 is 11.6 Å². The van der Waals surface area contributed by atoms with Gasteiger partial charge in [-0.25, -0.2) is 0 Å². The van der Waals surface area contributed by atoms with Crippen LogP contribution in [-0.2, 0) is 0 Å². The number of hydrogen-bond acceptors (Lipinski definition) is 3. The number of benzene rings is 1. The van der Waals surface area contributed by atoms with Crippen molar-refractivity contribution in [3.8, 4) is 0 Å². The fourth-order valence-electron chi connectivity index (χ4n) is 1.10. The van der Waals surface area contributed by atoms with Crippen LogP contribution < -0.4 is 10.6 Å². The van der Waals surface area contributed by atoms with E-state index in [1.54, 1.807) is 0 Å². The summed E-state index contributed by atoms with van der Waals surface area (Å²) in [6.45, 7) is 2.46. The van der Waals surface area contributed by atoms with Crippen molar-refractivity contribution in [1.29, 1.82) is 0 Å². The SMILES string of the molecule is OCCNCCNc1cccc(Cl)c1. The van der Waals surface area contributed by atoms with Gasteiger partial charge in [0.05, 0.1) is 6.61 Å². The van der Waals surface area contributed by atoms with E-state index in [0.29, 0.717) is 6.54 Å². The normalized spacial score (nSPS) is 10.1. The van der Waals surface area contributed by atoms with E-state index in [1.165, 1.54) is 0 Å². The van der Waals surface area contributed by atoms with E-state index in [4.69, 9.17) is 16.7 Å². The summed E-state index contributed by atoms with van der Waals surface area (Å²) in [4.78, 5) is 0. The smallest absolute Gasteiger partial charge is 0.0555 e. The highest BCUT2D eigenvalue weighted by atomic mass is 35.5. The van der Waals surface area contributed by atoms with Gasteiger partial charge in [0.15, 0.2) is 0 Å². The highest BCUT2D eigenvalue weighted by Crippen LogP contribution is 2.14. The van der Waals surface area contributed by atoms with E-state index in [1.807, 2.05) is 24.3 Å². The third-order valence-corrected chi connectivity index (χ3v) is 1.98. The molecule has 4 heteroatoms. The molecule has 0 aliphatic rings. The first-order valence-corrected chi connectivity index (χ1v) is 5.02. The average Bonchev–Trinajstić information content (AvgIpc) is 2.18. The molecule has 0 unspecified atom stereocenters. The van der Waals surface area contributed by atoms with Gasteiger partial charge >= 0.3 is 0 Å². The van der Waals surface area contributed by atoms with Crippen molar-refractivity contribution >= 4 is 17.3 Å². The van der Waals surface area contributed by atoms with E-state index in [0.717, 1.165) is 23.8 Å². The standard InChI is InChI=1S/C10H15ClN2O/c11-9-2-1-3-10(8-9)13-5-4-12-6-7-14/h1-3,8,12-14H,4-7H2. The van der Waals surface area contributed by atoms with Crippen LogP contribution in [-0.4, -0.2) is 31.3 Å². The number of aliphatic hydroxyl groups excluding tert-OH is 1. The molecule has 1 aromatic carbocycles. The third-order valence-electron chi connectivity index (χ3n) is 1.74. The molecule has 3 N–H and O–H groups in total. The van der Waals surface area contributed by atoms with Crippen LogP contribution in [0, 0.1) is 0 Å². The number of rotatable bonds is 6. The van der Waals surface area contributed by atoms with Gasteiger partial charge < -0.3 is 15.7 Å². The minimum absolute atomic E-state index is 0.178. The first kappa shape index (κ1) is 11.3. The van der Waals surface area contributed by atoms with E-state index < -0.39 is 0 Å². The van der Waals surface area contributed by atoms with Crippen molar-refractivity contribution in [2.75, 3.05) is 31.6 Å². The monoisotopic (exact) mass is 214 g/mol. The van der Waals surface area contributed by atoms with Crippen LogP contribution in [0.5, 0.6) is 0 Å². The predicted octanol–water partition coefficient (Wildman–Crippen LogP) is 1.33. The molecule has 1 rings (SSSR count). The van der Waals surface area contributed by atoms with Crippen LogP contribution in [0.1, 0.15) is 0 Å². The molecule has 0 saturated carbocycles. The lowest BCUT2D eigenvalue weighted by Crippen LogP contribution is -2.24. The van der Waals surface area contributed by atoms with E-state index in [2.05, 4.69) is 10.6 Å². The molecule has 0 amide bonds. The average molecular weight is 215 g/mol. The molecule has 14 heavy (non-hydrogen) atoms. The largest absolute Gasteiger partial charge is 0.395 e. The van der Waals surface area contributed by atoms with Gasteiger partial charge in [0.2, 0.25) is 0 Å². The minimum atomic E-state index is 0.178. The first-order chi connectivity index (χ1) is 6.83. The zero-order chi connectivity index (χ0) is 10.2. The summed E-state index contributed by atoms with van der Waals surface area (Å²) in [5.74, 6) is 0. The number of aliphatic hydroxyl groups is 1. The summed E-state index contributed by atoms with van der Waals surface area (Å²) in [7, 11) is 0. The van der Waals surface area contributed by atoms with Gasteiger partial charge in [0, 0.05) is 30.3 Å². The van der Waals surface area contributed by atoms with Gasteiger partial charge in [-0.15, -0.1) is 0 Å². The number of nitrogens with one attached hydrogen (secondary N) is 2. The Bertz CT molecular complexity index is 268. The Labute approximate surface area is 89.1 Å². The number of anilines is 1. The number of halogens is 1. The Morgan fingerprint density at radius 3 is 2.79 bits per heavy atom. The Hall–Kier alpha value is -0.770. The summed E-state index contributed by atoms with van der Waals surface area (Å²) < 4.78 is 0. The van der Waals surface area contributed by atoms with Crippen molar-refractivity contribution in [1.82, 2.24) is 5.32 Å². The topological polar surface area (TPSA) is 44.3 Å². The highest BCUT2D eigenvalue weighted by Gasteiger charge is 1.92. The predicted molar refractivity (Wildman–Crippen MR) is 59.9 cm³/mol. The van der Waals surface area contributed by atoms with Gasteiger partial charge in [-0.3, -0.25) is 0 Å². The van der Waals surface area contributed by atoms with Crippen LogP contribution in [0.4, 0.5) is 5.69 Å². The molecule has 78 valence electrons. The fraction of sp³-hybridized carbons (Fsp3) is 0.400. The molecule has 3 nitrogen and oxygen atoms in total. The van der Waals surface area contributed by atoms with Gasteiger partial charge in [-0.05, 0) is 18.2 Å². The molecule has 1 aromatic rings. The van der Waals surface area contributed by atoms with Crippen molar-refractivity contribution in [2.24, 2.45) is 0 Å². The third kappa shape index (κ3) is 4.46. The van der Waals surface area contributed by atoms with Crippen LogP contribution in [0.3, 0.4) is 0 Å². The maximum Gasteiger partial charge on any atom is 0.0555 e. The maximum absolute atomic E-state index is 8.52. The second kappa shape index (κ2) is 6.65. The second-order valence-electron chi connectivity index (χ2n) is 2.91. The van der Waals surface area contributed by atoms with Gasteiger partial charge in [0.25, 0.3) is 0 Å². The Morgan fingerprint density at radius 2 is 2.07 bits per heavy atom. The molecular formula is C10H15ClN2O. The van der Waals surface area contributed by atoms with Gasteiger partial charge in [-0.1, -0.05) is 17.7 Å². The lowest BCUT2D eigenvalue weighted by Gasteiger charge is -2.06. The fourth-order valence-corrected chi connectivity index (χ4v) is 1.29. The molecule has 0 atom stereocenters. The van der Waals surface area contributed by atoms with Crippen molar-refractivity contribution < 1.29 is 5.11 Å². The molecule has 0 fully saturated rings. The molecular weight excluding hydrogens is 200 g/mol. The summed E-state index contributed by atoms with van der Waals surface area (Å²) in [5, 5.41) is 15.5. The molecule has 0 aromatic heterocycles. The zero-order valence-corrected chi connectivity index (χ0v) is 8.72. The maximum atomic E-state index is 8.52. The molecule has 0 radical (unpaired) electrons. The van der Waals surface area contributed by atoms with Crippen LogP contribution in [0.15, 0.2) is 24.3 Å². The van der Waals surface area contributed by atoms with Crippen molar-refractivity contribution in [2.45, 2.75) is 0 Å². The van der Waals surface area contributed by atoms with E-state index in [9.17, 15) is 0 Å². The van der Waals surface area contributed by atoms with Gasteiger partial charge in [-0.2, -0.15) is 0 Å². The molecule has 0 aliphatic heterocycles. The summed E-state index contributed by atoms with van der Waals surface area (Å²) in [5.41, 5.74) is 1.02. The summed E-state index contributed by atoms with van der Waals surface area (Å²) >= 11 is 5.82. The minimum Gasteiger partial charge on any atom is -0.395 e. The van der Waals surface area contributed by atoms with Crippen LogP contribution in [0.2, 0.25) is 5.02 Å². The van der Waals surface area contributed by atoms with Gasteiger partial charge in [0.1, 0.15) is 0 Å². The molecule has 0 bridgehead atoms. The molecule has 0 saturated heterocycles. The Balaban J connectivity index is 2.18. The quantitative estimate of drug-likeness (QED) is 0.627.